The smallest absolute Gasteiger partial charge is 0.337 e. The maximum absolute atomic E-state index is 11.4. The molecule has 15 heavy (non-hydrogen) atoms. The fraction of sp³-hybridized carbons (Fsp3) is 0.889. The molecule has 0 fully saturated rings. The second-order valence-electron chi connectivity index (χ2n) is 3.62. The predicted molar refractivity (Wildman–Crippen MR) is 54.1 cm³/mol. The number of hydrogen-bond acceptors (Lipinski definition) is 3. The Bertz CT molecular complexity index is 268. The first-order chi connectivity index (χ1) is 6.77. The maximum atomic E-state index is 11.4. The minimum absolute atomic E-state index is 0.119. The number of carbonyl (C=O) groups excluding carboxylic acids is 1. The lowest BCUT2D eigenvalue weighted by Crippen LogP contribution is -2.52. The van der Waals surface area contributed by atoms with Crippen molar-refractivity contribution in [1.82, 2.24) is 0 Å². The van der Waals surface area contributed by atoms with E-state index < -0.39 is 24.6 Å². The van der Waals surface area contributed by atoms with Crippen molar-refractivity contribution in [3.05, 3.63) is 0 Å². The highest BCUT2D eigenvalue weighted by Gasteiger charge is 2.51. The molecule has 0 radical (unpaired) electrons. The zero-order chi connectivity index (χ0) is 12.3. The normalized spacial score (nSPS) is 16.4. The zero-order valence-electron chi connectivity index (χ0n) is 9.27. The van der Waals surface area contributed by atoms with Gasteiger partial charge in [0.15, 0.2) is 0 Å². The van der Waals surface area contributed by atoms with Gasteiger partial charge in [0.2, 0.25) is 0 Å². The van der Waals surface area contributed by atoms with Crippen LogP contribution in [-0.4, -0.2) is 20.9 Å². The minimum Gasteiger partial charge on any atom is -0.549 e. The van der Waals surface area contributed by atoms with Gasteiger partial charge in [-0.3, -0.25) is 4.57 Å². The molecule has 5 nitrogen and oxygen atoms in total. The highest BCUT2D eigenvalue weighted by Crippen LogP contribution is 2.57. The molecule has 0 aromatic carbocycles. The Labute approximate surface area is 89.7 Å². The van der Waals surface area contributed by atoms with Crippen molar-refractivity contribution >= 4 is 13.6 Å². The first-order valence-electron chi connectivity index (χ1n) is 5.04. The molecule has 0 saturated carbocycles. The lowest BCUT2D eigenvalue weighted by atomic mass is 9.85. The average molecular weight is 237 g/mol. The molecule has 0 spiro atoms. The molecule has 0 rings (SSSR count). The molecule has 0 aromatic rings. The molecule has 0 aliphatic heterocycles. The number of rotatable bonds is 6. The molecular weight excluding hydrogens is 219 g/mol. The number of carboxylic acid groups (broad SMARTS) is 1. The van der Waals surface area contributed by atoms with E-state index in [0.29, 0.717) is 12.8 Å². The summed E-state index contributed by atoms with van der Waals surface area (Å²) in [5.74, 6) is -2.21. The van der Waals surface area contributed by atoms with Crippen LogP contribution in [0.1, 0.15) is 40.0 Å². The predicted octanol–water partition coefficient (Wildman–Crippen LogP) is 0.499. The lowest BCUT2D eigenvalue weighted by molar-refractivity contribution is -0.311. The summed E-state index contributed by atoms with van der Waals surface area (Å²) in [5, 5.41) is 9.02. The third kappa shape index (κ3) is 2.41. The van der Waals surface area contributed by atoms with Crippen molar-refractivity contribution in [3.8, 4) is 0 Å². The van der Waals surface area contributed by atoms with Crippen molar-refractivity contribution in [2.45, 2.75) is 45.2 Å². The van der Waals surface area contributed by atoms with Crippen LogP contribution in [0.4, 0.5) is 0 Å². The molecule has 0 bridgehead atoms. The van der Waals surface area contributed by atoms with E-state index in [0.717, 1.165) is 0 Å². The van der Waals surface area contributed by atoms with Gasteiger partial charge in [0, 0.05) is 0 Å². The third-order valence-electron chi connectivity index (χ3n) is 3.07. The van der Waals surface area contributed by atoms with E-state index in [-0.39, 0.29) is 6.42 Å². The van der Waals surface area contributed by atoms with Gasteiger partial charge in [-0.05, 0) is 12.3 Å². The first kappa shape index (κ1) is 14.6. The van der Waals surface area contributed by atoms with Crippen molar-refractivity contribution in [1.29, 1.82) is 0 Å². The average Bonchev–Trinajstić information content (AvgIpc) is 2.10. The topological polar surface area (TPSA) is 97.7 Å². The molecule has 0 aliphatic carbocycles. The van der Waals surface area contributed by atoms with Crippen LogP contribution >= 0.6 is 7.60 Å². The number of aliphatic carboxylic acids is 1. The van der Waals surface area contributed by atoms with Crippen molar-refractivity contribution < 1.29 is 24.3 Å². The van der Waals surface area contributed by atoms with Gasteiger partial charge in [-0.15, -0.1) is 0 Å². The van der Waals surface area contributed by atoms with Crippen LogP contribution in [0.2, 0.25) is 0 Å². The Balaban J connectivity index is 5.54. The van der Waals surface area contributed by atoms with Crippen LogP contribution in [0.3, 0.4) is 0 Å². The van der Waals surface area contributed by atoms with Crippen molar-refractivity contribution in [2.24, 2.45) is 5.92 Å². The van der Waals surface area contributed by atoms with Crippen LogP contribution in [0, 0.1) is 5.92 Å². The molecule has 1 unspecified atom stereocenters. The molecule has 0 heterocycles. The SMILES string of the molecule is CCC(CC)C(CC)(C(=O)[O-])P(=O)(O)O. The molecule has 0 aromatic heterocycles. The summed E-state index contributed by atoms with van der Waals surface area (Å²) < 4.78 is 11.4. The number of carbonyl (C=O) groups is 1. The van der Waals surface area contributed by atoms with Gasteiger partial charge in [-0.1, -0.05) is 33.6 Å². The van der Waals surface area contributed by atoms with Gasteiger partial charge >= 0.3 is 7.60 Å². The fourth-order valence-corrected chi connectivity index (χ4v) is 3.62. The highest BCUT2D eigenvalue weighted by molar-refractivity contribution is 7.54. The van der Waals surface area contributed by atoms with Crippen LogP contribution < -0.4 is 5.11 Å². The molecule has 6 heteroatoms. The van der Waals surface area contributed by atoms with Gasteiger partial charge in [0.05, 0.1) is 5.97 Å². The maximum Gasteiger partial charge on any atom is 0.337 e. The van der Waals surface area contributed by atoms with E-state index in [1.807, 2.05) is 0 Å². The standard InChI is InChI=1S/C9H19O5P/c1-4-7(5-2)9(6-3,8(10)11)15(12,13)14/h7H,4-6H2,1-3H3,(H,10,11)(H2,12,13,14)/p-1. The van der Waals surface area contributed by atoms with Crippen LogP contribution in [0.5, 0.6) is 0 Å². The Morgan fingerprint density at radius 2 is 1.73 bits per heavy atom. The van der Waals surface area contributed by atoms with E-state index in [4.69, 9.17) is 0 Å². The molecule has 0 saturated heterocycles. The second kappa shape index (κ2) is 5.10. The first-order valence-corrected chi connectivity index (χ1v) is 6.66. The molecule has 1 atom stereocenters. The monoisotopic (exact) mass is 237 g/mol. The quantitative estimate of drug-likeness (QED) is 0.655. The third-order valence-corrected chi connectivity index (χ3v) is 4.98. The summed E-state index contributed by atoms with van der Waals surface area (Å²) in [6.07, 6.45) is 0.693. The summed E-state index contributed by atoms with van der Waals surface area (Å²) in [6, 6.07) is 0. The molecule has 2 N–H and O–H groups in total. The minimum atomic E-state index is -4.71. The van der Waals surface area contributed by atoms with E-state index in [2.05, 4.69) is 0 Å². The Morgan fingerprint density at radius 3 is 1.80 bits per heavy atom. The summed E-state index contributed by atoms with van der Waals surface area (Å²) in [4.78, 5) is 29.5. The van der Waals surface area contributed by atoms with E-state index in [1.54, 1.807) is 13.8 Å². The number of hydrogen-bond donors (Lipinski definition) is 2. The highest BCUT2D eigenvalue weighted by atomic mass is 31.2. The van der Waals surface area contributed by atoms with Crippen molar-refractivity contribution in [2.75, 3.05) is 0 Å². The second-order valence-corrected chi connectivity index (χ2v) is 5.51. The summed E-state index contributed by atoms with van der Waals surface area (Å²) in [5.41, 5.74) is 0. The van der Waals surface area contributed by atoms with Gasteiger partial charge in [0.1, 0.15) is 5.16 Å². The lowest BCUT2D eigenvalue weighted by Gasteiger charge is -2.40. The molecular formula is C9H18O5P-. The van der Waals surface area contributed by atoms with Crippen LogP contribution in [0.25, 0.3) is 0 Å². The molecule has 0 amide bonds. The van der Waals surface area contributed by atoms with Gasteiger partial charge < -0.3 is 19.7 Å². The van der Waals surface area contributed by atoms with Gasteiger partial charge in [-0.2, -0.15) is 0 Å². The van der Waals surface area contributed by atoms with E-state index >= 15 is 0 Å². The van der Waals surface area contributed by atoms with Crippen molar-refractivity contribution in [3.63, 3.8) is 0 Å². The fourth-order valence-electron chi connectivity index (χ4n) is 2.13. The largest absolute Gasteiger partial charge is 0.549 e. The van der Waals surface area contributed by atoms with Gasteiger partial charge in [-0.25, -0.2) is 0 Å². The van der Waals surface area contributed by atoms with E-state index in [9.17, 15) is 24.3 Å². The summed E-state index contributed by atoms with van der Waals surface area (Å²) >= 11 is 0. The van der Waals surface area contributed by atoms with Crippen LogP contribution in [-0.2, 0) is 9.36 Å². The summed E-state index contributed by atoms with van der Waals surface area (Å²) in [6.45, 7) is 4.90. The molecule has 0 aliphatic rings. The zero-order valence-corrected chi connectivity index (χ0v) is 10.2. The number of carboxylic acids is 1. The van der Waals surface area contributed by atoms with Crippen LogP contribution in [0.15, 0.2) is 0 Å². The molecule has 90 valence electrons. The Hall–Kier alpha value is -0.380. The van der Waals surface area contributed by atoms with E-state index in [1.165, 1.54) is 6.92 Å². The Morgan fingerprint density at radius 1 is 1.33 bits per heavy atom. The van der Waals surface area contributed by atoms with Gasteiger partial charge in [0.25, 0.3) is 0 Å². The Kier molecular flexibility index (Phi) is 4.97. The summed E-state index contributed by atoms with van der Waals surface area (Å²) in [7, 11) is -4.71.